The van der Waals surface area contributed by atoms with Crippen molar-refractivity contribution in [2.24, 2.45) is 0 Å². The zero-order valence-corrected chi connectivity index (χ0v) is 15.9. The number of methoxy groups -OCH3 is 1. The van der Waals surface area contributed by atoms with Crippen molar-refractivity contribution < 1.29 is 9.53 Å². The van der Waals surface area contributed by atoms with Gasteiger partial charge in [0.2, 0.25) is 0 Å². The van der Waals surface area contributed by atoms with Crippen molar-refractivity contribution in [3.63, 3.8) is 0 Å². The van der Waals surface area contributed by atoms with Gasteiger partial charge in [-0.05, 0) is 44.9 Å². The zero-order chi connectivity index (χ0) is 18.4. The summed E-state index contributed by atoms with van der Waals surface area (Å²) < 4.78 is 4.58. The molecule has 0 amide bonds. The Hall–Kier alpha value is -2.09. The van der Waals surface area contributed by atoms with Gasteiger partial charge in [-0.15, -0.1) is 0 Å². The van der Waals surface area contributed by atoms with E-state index in [1.165, 1.54) is 7.11 Å². The summed E-state index contributed by atoms with van der Waals surface area (Å²) in [6, 6.07) is 0. The third kappa shape index (κ3) is 19.9. The molecule has 2 heteroatoms. The first-order chi connectivity index (χ1) is 12.3. The molecule has 0 aliphatic heterocycles. The lowest BCUT2D eigenvalue weighted by molar-refractivity contribution is -0.140. The third-order valence-electron chi connectivity index (χ3n) is 3.34. The van der Waals surface area contributed by atoms with Gasteiger partial charge in [0.1, 0.15) is 0 Å². The summed E-state index contributed by atoms with van der Waals surface area (Å²) >= 11 is 0. The molecule has 0 aliphatic carbocycles. The van der Waals surface area contributed by atoms with Crippen molar-refractivity contribution >= 4 is 5.97 Å². The van der Waals surface area contributed by atoms with Crippen LogP contribution >= 0.6 is 0 Å². The first kappa shape index (κ1) is 22.9. The number of unbranched alkanes of at least 4 members (excludes halogenated alkanes) is 1. The van der Waals surface area contributed by atoms with Gasteiger partial charge in [-0.3, -0.25) is 4.79 Å². The van der Waals surface area contributed by atoms with Gasteiger partial charge in [-0.25, -0.2) is 0 Å². The summed E-state index contributed by atoms with van der Waals surface area (Å²) in [5.74, 6) is -0.153. The highest BCUT2D eigenvalue weighted by Gasteiger charge is 1.94. The first-order valence-electron chi connectivity index (χ1n) is 9.29. The van der Waals surface area contributed by atoms with Gasteiger partial charge in [-0.1, -0.05) is 79.8 Å². The van der Waals surface area contributed by atoms with Gasteiger partial charge in [0.25, 0.3) is 0 Å². The van der Waals surface area contributed by atoms with E-state index < -0.39 is 0 Å². The number of allylic oxidation sites excluding steroid dienone is 12. The lowest BCUT2D eigenvalue weighted by atomic mass is 10.2. The van der Waals surface area contributed by atoms with E-state index in [1.807, 2.05) is 6.08 Å². The van der Waals surface area contributed by atoms with E-state index in [4.69, 9.17) is 0 Å². The topological polar surface area (TPSA) is 26.3 Å². The number of hydrogen-bond donors (Lipinski definition) is 0. The summed E-state index contributed by atoms with van der Waals surface area (Å²) in [6.45, 7) is 2.14. The highest BCUT2D eigenvalue weighted by molar-refractivity contribution is 5.69. The Kier molecular flexibility index (Phi) is 18.3. The van der Waals surface area contributed by atoms with Crippen LogP contribution in [0.4, 0.5) is 0 Å². The second kappa shape index (κ2) is 20.0. The molecule has 25 heavy (non-hydrogen) atoms. The quantitative estimate of drug-likeness (QED) is 0.153. The fraction of sp³-hybridized carbons (Fsp3) is 0.435. The summed E-state index contributed by atoms with van der Waals surface area (Å²) in [5, 5.41) is 0. The van der Waals surface area contributed by atoms with Crippen molar-refractivity contribution in [3.8, 4) is 0 Å². The SMILES string of the molecule is CC/C=C\C=C\CC/C=C\C/C=C\C/C=C\C/C=C\CCC(=O)OC. The third-order valence-corrected chi connectivity index (χ3v) is 3.34. The molecule has 2 nitrogen and oxygen atoms in total. The molecule has 0 aromatic heterocycles. The summed E-state index contributed by atoms with van der Waals surface area (Å²) in [7, 11) is 1.42. The van der Waals surface area contributed by atoms with E-state index in [-0.39, 0.29) is 5.97 Å². The Bertz CT molecular complexity index is 476. The predicted molar refractivity (Wildman–Crippen MR) is 109 cm³/mol. The Labute approximate surface area is 154 Å². The zero-order valence-electron chi connectivity index (χ0n) is 15.9. The largest absolute Gasteiger partial charge is 0.469 e. The number of esters is 1. The van der Waals surface area contributed by atoms with Gasteiger partial charge in [0, 0.05) is 6.42 Å². The molecule has 0 heterocycles. The molecule has 0 unspecified atom stereocenters. The number of rotatable bonds is 14. The van der Waals surface area contributed by atoms with E-state index in [9.17, 15) is 4.79 Å². The molecule has 0 bridgehead atoms. The molecule has 0 aromatic carbocycles. The molecule has 0 aliphatic rings. The van der Waals surface area contributed by atoms with Gasteiger partial charge >= 0.3 is 5.97 Å². The fourth-order valence-electron chi connectivity index (χ4n) is 1.93. The molecule has 0 saturated heterocycles. The van der Waals surface area contributed by atoms with E-state index in [1.54, 1.807) is 0 Å². The van der Waals surface area contributed by atoms with E-state index >= 15 is 0 Å². The smallest absolute Gasteiger partial charge is 0.305 e. The Morgan fingerprint density at radius 1 is 0.680 bits per heavy atom. The van der Waals surface area contributed by atoms with E-state index in [2.05, 4.69) is 78.5 Å². The number of carbonyl (C=O) groups excluding carboxylic acids is 1. The Morgan fingerprint density at radius 2 is 1.16 bits per heavy atom. The monoisotopic (exact) mass is 342 g/mol. The highest BCUT2D eigenvalue weighted by Crippen LogP contribution is 1.98. The number of carbonyl (C=O) groups is 1. The molecule has 138 valence electrons. The molecule has 0 atom stereocenters. The van der Waals surface area contributed by atoms with Crippen molar-refractivity contribution in [1.82, 2.24) is 0 Å². The second-order valence-corrected chi connectivity index (χ2v) is 5.55. The Morgan fingerprint density at radius 3 is 1.72 bits per heavy atom. The van der Waals surface area contributed by atoms with Gasteiger partial charge in [0.05, 0.1) is 7.11 Å². The minimum Gasteiger partial charge on any atom is -0.469 e. The van der Waals surface area contributed by atoms with Crippen LogP contribution in [0.15, 0.2) is 72.9 Å². The van der Waals surface area contributed by atoms with Crippen LogP contribution in [0.25, 0.3) is 0 Å². The molecular weight excluding hydrogens is 308 g/mol. The highest BCUT2D eigenvalue weighted by atomic mass is 16.5. The average Bonchev–Trinajstić information content (AvgIpc) is 2.63. The van der Waals surface area contributed by atoms with Crippen LogP contribution in [0.1, 0.15) is 58.3 Å². The minimum atomic E-state index is -0.153. The average molecular weight is 343 g/mol. The second-order valence-electron chi connectivity index (χ2n) is 5.55. The Balaban J connectivity index is 3.51. The van der Waals surface area contributed by atoms with Crippen molar-refractivity contribution in [2.45, 2.75) is 58.3 Å². The normalized spacial score (nSPS) is 12.9. The standard InChI is InChI=1S/C23H34O2/c1-3-4-5-6-7-8-9-10-11-12-13-14-15-16-17-18-19-20-21-22-23(24)25-2/h4-7,10-11,13-14,16-17,19-20H,3,8-9,12,15,18,21-22H2,1-2H3/b5-4-,7-6+,11-10-,14-13-,17-16-,20-19-. The molecule has 0 radical (unpaired) electrons. The maximum absolute atomic E-state index is 10.9. The van der Waals surface area contributed by atoms with Crippen molar-refractivity contribution in [1.29, 1.82) is 0 Å². The van der Waals surface area contributed by atoms with Crippen molar-refractivity contribution in [3.05, 3.63) is 72.9 Å². The van der Waals surface area contributed by atoms with Crippen molar-refractivity contribution in [2.75, 3.05) is 7.11 Å². The van der Waals surface area contributed by atoms with Crippen LogP contribution in [-0.4, -0.2) is 13.1 Å². The van der Waals surface area contributed by atoms with Crippen LogP contribution in [0.3, 0.4) is 0 Å². The van der Waals surface area contributed by atoms with Crippen LogP contribution in [0.2, 0.25) is 0 Å². The van der Waals surface area contributed by atoms with Gasteiger partial charge in [0.15, 0.2) is 0 Å². The van der Waals surface area contributed by atoms with E-state index in [0.29, 0.717) is 6.42 Å². The predicted octanol–water partition coefficient (Wildman–Crippen LogP) is 6.64. The van der Waals surface area contributed by atoms with Crippen LogP contribution in [0, 0.1) is 0 Å². The fourth-order valence-corrected chi connectivity index (χ4v) is 1.93. The lowest BCUT2D eigenvalue weighted by Gasteiger charge is -1.93. The minimum absolute atomic E-state index is 0.153. The summed E-state index contributed by atoms with van der Waals surface area (Å²) in [5.41, 5.74) is 0. The van der Waals surface area contributed by atoms with Gasteiger partial charge in [-0.2, -0.15) is 0 Å². The summed E-state index contributed by atoms with van der Waals surface area (Å²) in [6.07, 6.45) is 33.3. The van der Waals surface area contributed by atoms with Gasteiger partial charge < -0.3 is 4.74 Å². The molecule has 0 N–H and O–H groups in total. The summed E-state index contributed by atoms with van der Waals surface area (Å²) in [4.78, 5) is 10.9. The maximum atomic E-state index is 10.9. The molecule has 0 aromatic rings. The molecule has 0 saturated carbocycles. The molecule has 0 rings (SSSR count). The molecule has 0 fully saturated rings. The van der Waals surface area contributed by atoms with Crippen LogP contribution in [0.5, 0.6) is 0 Å². The van der Waals surface area contributed by atoms with Crippen LogP contribution < -0.4 is 0 Å². The van der Waals surface area contributed by atoms with Crippen LogP contribution in [-0.2, 0) is 9.53 Å². The first-order valence-corrected chi connectivity index (χ1v) is 9.29. The number of hydrogen-bond acceptors (Lipinski definition) is 2. The van der Waals surface area contributed by atoms with E-state index in [0.717, 1.165) is 44.9 Å². The molecule has 0 spiro atoms. The lowest BCUT2D eigenvalue weighted by Crippen LogP contribution is -1.97. The molecular formula is C23H34O2. The number of ether oxygens (including phenoxy) is 1. The maximum Gasteiger partial charge on any atom is 0.305 e.